The van der Waals surface area contributed by atoms with Crippen molar-refractivity contribution in [3.05, 3.63) is 35.9 Å². The third-order valence-electron chi connectivity index (χ3n) is 4.00. The summed E-state index contributed by atoms with van der Waals surface area (Å²) in [5, 5.41) is 3.78. The molecule has 2 nitrogen and oxygen atoms in total. The van der Waals surface area contributed by atoms with Crippen LogP contribution >= 0.6 is 0 Å². The summed E-state index contributed by atoms with van der Waals surface area (Å²) in [6.07, 6.45) is 2.46. The molecule has 1 atom stereocenters. The molecule has 0 radical (unpaired) electrons. The van der Waals surface area contributed by atoms with Gasteiger partial charge >= 0.3 is 0 Å². The van der Waals surface area contributed by atoms with Crippen LogP contribution in [0.1, 0.15) is 39.2 Å². The van der Waals surface area contributed by atoms with Gasteiger partial charge in [0.15, 0.2) is 0 Å². The Morgan fingerprint density at radius 3 is 2.67 bits per heavy atom. The van der Waals surface area contributed by atoms with Crippen LogP contribution in [-0.4, -0.2) is 29.6 Å². The van der Waals surface area contributed by atoms with Gasteiger partial charge in [-0.3, -0.25) is 4.90 Å². The van der Waals surface area contributed by atoms with Crippen molar-refractivity contribution in [3.63, 3.8) is 0 Å². The van der Waals surface area contributed by atoms with E-state index in [1.165, 1.54) is 31.5 Å². The van der Waals surface area contributed by atoms with Crippen molar-refractivity contribution in [2.75, 3.05) is 13.1 Å². The number of hydrogen-bond acceptors (Lipinski definition) is 2. The molecule has 100 valence electrons. The van der Waals surface area contributed by atoms with Crippen molar-refractivity contribution in [1.29, 1.82) is 0 Å². The van der Waals surface area contributed by atoms with Gasteiger partial charge in [-0.25, -0.2) is 0 Å². The van der Waals surface area contributed by atoms with Crippen LogP contribution in [0.5, 0.6) is 0 Å². The summed E-state index contributed by atoms with van der Waals surface area (Å²) >= 11 is 0. The maximum atomic E-state index is 3.78. The highest BCUT2D eigenvalue weighted by Gasteiger charge is 2.26. The maximum Gasteiger partial charge on any atom is 0.0234 e. The Labute approximate surface area is 111 Å². The van der Waals surface area contributed by atoms with E-state index in [-0.39, 0.29) is 5.54 Å². The topological polar surface area (TPSA) is 15.3 Å². The molecule has 1 N–H and O–H groups in total. The van der Waals surface area contributed by atoms with E-state index < -0.39 is 0 Å². The lowest BCUT2D eigenvalue weighted by Crippen LogP contribution is -2.46. The van der Waals surface area contributed by atoms with Gasteiger partial charge in [0.1, 0.15) is 0 Å². The van der Waals surface area contributed by atoms with Gasteiger partial charge in [-0.1, -0.05) is 37.3 Å². The molecule has 1 aliphatic rings. The van der Waals surface area contributed by atoms with E-state index in [0.29, 0.717) is 6.04 Å². The SMILES string of the molecule is CCC(C)(C)NC1CCN(Cc2ccccc2)C1. The Balaban J connectivity index is 1.82. The molecule has 1 aromatic rings. The fraction of sp³-hybridized carbons (Fsp3) is 0.625. The van der Waals surface area contributed by atoms with Gasteiger partial charge in [-0.15, -0.1) is 0 Å². The van der Waals surface area contributed by atoms with E-state index >= 15 is 0 Å². The molecular weight excluding hydrogens is 220 g/mol. The van der Waals surface area contributed by atoms with Crippen molar-refractivity contribution in [2.45, 2.75) is 51.7 Å². The fourth-order valence-corrected chi connectivity index (χ4v) is 2.59. The average Bonchev–Trinajstić information content (AvgIpc) is 2.77. The summed E-state index contributed by atoms with van der Waals surface area (Å²) in [4.78, 5) is 2.55. The monoisotopic (exact) mass is 246 g/mol. The molecule has 1 aromatic carbocycles. The van der Waals surface area contributed by atoms with Crippen LogP contribution in [0, 0.1) is 0 Å². The minimum absolute atomic E-state index is 0.271. The van der Waals surface area contributed by atoms with E-state index in [1.807, 2.05) is 0 Å². The lowest BCUT2D eigenvalue weighted by Gasteiger charge is -2.29. The molecule has 1 saturated heterocycles. The highest BCUT2D eigenvalue weighted by atomic mass is 15.2. The second-order valence-electron chi connectivity index (χ2n) is 6.09. The quantitative estimate of drug-likeness (QED) is 0.859. The van der Waals surface area contributed by atoms with Crippen molar-refractivity contribution in [1.82, 2.24) is 10.2 Å². The molecule has 1 unspecified atom stereocenters. The first-order valence-electron chi connectivity index (χ1n) is 7.13. The molecule has 1 fully saturated rings. The smallest absolute Gasteiger partial charge is 0.0234 e. The summed E-state index contributed by atoms with van der Waals surface area (Å²) in [5.74, 6) is 0. The van der Waals surface area contributed by atoms with Crippen LogP contribution in [0.15, 0.2) is 30.3 Å². The van der Waals surface area contributed by atoms with Crippen molar-refractivity contribution in [3.8, 4) is 0 Å². The summed E-state index contributed by atoms with van der Waals surface area (Å²) in [7, 11) is 0. The molecule has 0 bridgehead atoms. The summed E-state index contributed by atoms with van der Waals surface area (Å²) in [6.45, 7) is 10.3. The first-order valence-corrected chi connectivity index (χ1v) is 7.13. The number of benzene rings is 1. The molecule has 2 rings (SSSR count). The van der Waals surface area contributed by atoms with Gasteiger partial charge in [0, 0.05) is 31.2 Å². The Morgan fingerprint density at radius 1 is 1.28 bits per heavy atom. The van der Waals surface area contributed by atoms with E-state index in [9.17, 15) is 0 Å². The molecule has 1 aliphatic heterocycles. The summed E-state index contributed by atoms with van der Waals surface area (Å²) in [5.41, 5.74) is 1.70. The van der Waals surface area contributed by atoms with Gasteiger partial charge in [0.2, 0.25) is 0 Å². The summed E-state index contributed by atoms with van der Waals surface area (Å²) in [6, 6.07) is 11.4. The maximum absolute atomic E-state index is 3.78. The van der Waals surface area contributed by atoms with E-state index in [0.717, 1.165) is 6.54 Å². The largest absolute Gasteiger partial charge is 0.308 e. The highest BCUT2D eigenvalue weighted by Crippen LogP contribution is 2.17. The normalized spacial score (nSPS) is 21.4. The Kier molecular flexibility index (Phi) is 4.41. The second kappa shape index (κ2) is 5.85. The van der Waals surface area contributed by atoms with Gasteiger partial charge in [0.25, 0.3) is 0 Å². The van der Waals surface area contributed by atoms with E-state index in [2.05, 4.69) is 61.3 Å². The standard InChI is InChI=1S/C16H26N2/c1-4-16(2,3)17-15-10-11-18(13-15)12-14-8-6-5-7-9-14/h5-9,15,17H,4,10-13H2,1-3H3. The fourth-order valence-electron chi connectivity index (χ4n) is 2.59. The van der Waals surface area contributed by atoms with Crippen molar-refractivity contribution >= 4 is 0 Å². The number of rotatable bonds is 5. The molecule has 0 spiro atoms. The molecule has 0 aliphatic carbocycles. The Hall–Kier alpha value is -0.860. The van der Waals surface area contributed by atoms with Crippen LogP contribution in [0.25, 0.3) is 0 Å². The number of hydrogen-bond donors (Lipinski definition) is 1. The average molecular weight is 246 g/mol. The lowest BCUT2D eigenvalue weighted by molar-refractivity contribution is 0.289. The zero-order chi connectivity index (χ0) is 13.0. The molecule has 0 saturated carbocycles. The van der Waals surface area contributed by atoms with Crippen LogP contribution in [0.3, 0.4) is 0 Å². The van der Waals surface area contributed by atoms with Crippen LogP contribution in [0.4, 0.5) is 0 Å². The molecule has 18 heavy (non-hydrogen) atoms. The first kappa shape index (κ1) is 13.6. The zero-order valence-electron chi connectivity index (χ0n) is 11.9. The lowest BCUT2D eigenvalue weighted by atomic mass is 10.0. The number of nitrogens with zero attached hydrogens (tertiary/aromatic N) is 1. The molecular formula is C16H26N2. The van der Waals surface area contributed by atoms with Crippen LogP contribution < -0.4 is 5.32 Å². The summed E-state index contributed by atoms with van der Waals surface area (Å²) < 4.78 is 0. The predicted octanol–water partition coefficient (Wildman–Crippen LogP) is 3.04. The highest BCUT2D eigenvalue weighted by molar-refractivity contribution is 5.14. The first-order chi connectivity index (χ1) is 8.59. The molecule has 2 heteroatoms. The second-order valence-corrected chi connectivity index (χ2v) is 6.09. The minimum Gasteiger partial charge on any atom is -0.308 e. The molecule has 0 aromatic heterocycles. The molecule has 1 heterocycles. The Morgan fingerprint density at radius 2 is 2.00 bits per heavy atom. The number of likely N-dealkylation sites (tertiary alicyclic amines) is 1. The zero-order valence-corrected chi connectivity index (χ0v) is 11.9. The van der Waals surface area contributed by atoms with Gasteiger partial charge in [-0.05, 0) is 32.3 Å². The van der Waals surface area contributed by atoms with Gasteiger partial charge < -0.3 is 5.32 Å². The van der Waals surface area contributed by atoms with Gasteiger partial charge in [-0.2, -0.15) is 0 Å². The molecule has 0 amide bonds. The van der Waals surface area contributed by atoms with Crippen molar-refractivity contribution in [2.24, 2.45) is 0 Å². The van der Waals surface area contributed by atoms with E-state index in [4.69, 9.17) is 0 Å². The Bertz CT molecular complexity index is 359. The van der Waals surface area contributed by atoms with E-state index in [1.54, 1.807) is 0 Å². The van der Waals surface area contributed by atoms with Gasteiger partial charge in [0.05, 0.1) is 0 Å². The minimum atomic E-state index is 0.271. The predicted molar refractivity (Wildman–Crippen MR) is 77.6 cm³/mol. The number of nitrogens with one attached hydrogen (secondary N) is 1. The van der Waals surface area contributed by atoms with Crippen LogP contribution in [0.2, 0.25) is 0 Å². The third-order valence-corrected chi connectivity index (χ3v) is 4.00. The van der Waals surface area contributed by atoms with Crippen molar-refractivity contribution < 1.29 is 0 Å². The third kappa shape index (κ3) is 3.82. The van der Waals surface area contributed by atoms with Crippen LogP contribution in [-0.2, 0) is 6.54 Å².